The number of aryl methyl sites for hydroxylation is 3. The standard InChI is InChI=1S/C17H31N7/c1-14-11-15(2)24(21-14)6-4-5-19-17(18-3)20-12-16-13-22-7-9-23(16)10-8-22/h11,16H,4-10,12-13H2,1-3H3,(H2,18,19,20). The van der Waals surface area contributed by atoms with Crippen molar-refractivity contribution in [1.29, 1.82) is 0 Å². The number of fused-ring (bicyclic) bond motifs is 3. The minimum Gasteiger partial charge on any atom is -0.356 e. The molecule has 0 aromatic carbocycles. The van der Waals surface area contributed by atoms with Crippen LogP contribution in [-0.2, 0) is 6.54 Å². The Morgan fingerprint density at radius 3 is 2.62 bits per heavy atom. The van der Waals surface area contributed by atoms with E-state index < -0.39 is 0 Å². The van der Waals surface area contributed by atoms with Crippen molar-refractivity contribution in [3.63, 3.8) is 0 Å². The Bertz CT molecular complexity index is 557. The van der Waals surface area contributed by atoms with Crippen LogP contribution in [0.2, 0.25) is 0 Å². The van der Waals surface area contributed by atoms with Gasteiger partial charge in [-0.25, -0.2) is 0 Å². The van der Waals surface area contributed by atoms with Crippen LogP contribution < -0.4 is 10.6 Å². The second kappa shape index (κ2) is 7.98. The SMILES string of the molecule is CN=C(NCCCn1nc(C)cc1C)NCC1CN2CCN1CC2. The first-order chi connectivity index (χ1) is 11.7. The number of rotatable bonds is 6. The summed E-state index contributed by atoms with van der Waals surface area (Å²) in [5, 5.41) is 11.4. The quantitative estimate of drug-likeness (QED) is 0.438. The zero-order chi connectivity index (χ0) is 16.9. The first-order valence-corrected chi connectivity index (χ1v) is 9.07. The van der Waals surface area contributed by atoms with E-state index in [1.165, 1.54) is 38.4 Å². The molecule has 0 aliphatic carbocycles. The van der Waals surface area contributed by atoms with Gasteiger partial charge in [-0.05, 0) is 26.3 Å². The van der Waals surface area contributed by atoms with Crippen LogP contribution >= 0.6 is 0 Å². The first-order valence-electron chi connectivity index (χ1n) is 9.07. The summed E-state index contributed by atoms with van der Waals surface area (Å²) in [5.74, 6) is 0.904. The van der Waals surface area contributed by atoms with Crippen LogP contribution in [0.5, 0.6) is 0 Å². The zero-order valence-electron chi connectivity index (χ0n) is 15.3. The van der Waals surface area contributed by atoms with E-state index in [2.05, 4.69) is 48.2 Å². The Morgan fingerprint density at radius 1 is 1.25 bits per heavy atom. The highest BCUT2D eigenvalue weighted by atomic mass is 15.4. The van der Waals surface area contributed by atoms with E-state index in [0.29, 0.717) is 6.04 Å². The van der Waals surface area contributed by atoms with Crippen LogP contribution in [0.1, 0.15) is 17.8 Å². The monoisotopic (exact) mass is 333 g/mol. The molecule has 3 aliphatic heterocycles. The summed E-state index contributed by atoms with van der Waals surface area (Å²) in [6.07, 6.45) is 1.03. The third-order valence-corrected chi connectivity index (χ3v) is 5.06. The second-order valence-corrected chi connectivity index (χ2v) is 6.87. The molecule has 1 aromatic heterocycles. The number of hydrogen-bond acceptors (Lipinski definition) is 4. The molecule has 3 saturated heterocycles. The lowest BCUT2D eigenvalue weighted by atomic mass is 10.1. The van der Waals surface area contributed by atoms with Crippen LogP contribution in [0.15, 0.2) is 11.1 Å². The lowest BCUT2D eigenvalue weighted by Gasteiger charge is -2.47. The fourth-order valence-electron chi connectivity index (χ4n) is 3.69. The molecule has 24 heavy (non-hydrogen) atoms. The molecule has 2 bridgehead atoms. The van der Waals surface area contributed by atoms with E-state index in [4.69, 9.17) is 0 Å². The molecule has 1 aromatic rings. The molecule has 134 valence electrons. The van der Waals surface area contributed by atoms with Gasteiger partial charge in [0, 0.05) is 71.1 Å². The Labute approximate surface area is 145 Å². The summed E-state index contributed by atoms with van der Waals surface area (Å²) in [7, 11) is 1.84. The topological polar surface area (TPSA) is 60.7 Å². The number of nitrogens with zero attached hydrogens (tertiary/aromatic N) is 5. The summed E-state index contributed by atoms with van der Waals surface area (Å²) in [4.78, 5) is 9.51. The average Bonchev–Trinajstić information content (AvgIpc) is 2.93. The molecule has 0 radical (unpaired) electrons. The molecular weight excluding hydrogens is 302 g/mol. The second-order valence-electron chi connectivity index (χ2n) is 6.87. The predicted octanol–water partition coefficient (Wildman–Crippen LogP) is 0.0548. The molecule has 3 fully saturated rings. The third kappa shape index (κ3) is 4.27. The van der Waals surface area contributed by atoms with Gasteiger partial charge in [-0.15, -0.1) is 0 Å². The smallest absolute Gasteiger partial charge is 0.191 e. The normalized spacial score (nSPS) is 26.6. The summed E-state index contributed by atoms with van der Waals surface area (Å²) < 4.78 is 2.08. The summed E-state index contributed by atoms with van der Waals surface area (Å²) >= 11 is 0. The van der Waals surface area contributed by atoms with Gasteiger partial charge in [0.1, 0.15) is 0 Å². The van der Waals surface area contributed by atoms with Gasteiger partial charge >= 0.3 is 0 Å². The maximum atomic E-state index is 4.50. The molecule has 4 heterocycles. The predicted molar refractivity (Wildman–Crippen MR) is 97.5 cm³/mol. The largest absolute Gasteiger partial charge is 0.356 e. The highest BCUT2D eigenvalue weighted by Gasteiger charge is 2.31. The van der Waals surface area contributed by atoms with Crippen LogP contribution in [0.3, 0.4) is 0 Å². The van der Waals surface area contributed by atoms with Gasteiger partial charge in [-0.2, -0.15) is 5.10 Å². The van der Waals surface area contributed by atoms with Crippen molar-refractivity contribution in [2.45, 2.75) is 32.9 Å². The van der Waals surface area contributed by atoms with Crippen LogP contribution in [0, 0.1) is 13.8 Å². The number of aromatic nitrogens is 2. The fraction of sp³-hybridized carbons (Fsp3) is 0.765. The van der Waals surface area contributed by atoms with Crippen molar-refractivity contribution >= 4 is 5.96 Å². The lowest BCUT2D eigenvalue weighted by molar-refractivity contribution is 0.0154. The van der Waals surface area contributed by atoms with Crippen LogP contribution in [-0.4, -0.2) is 84.4 Å². The van der Waals surface area contributed by atoms with Crippen molar-refractivity contribution in [2.75, 3.05) is 52.9 Å². The number of guanidine groups is 1. The van der Waals surface area contributed by atoms with Crippen molar-refractivity contribution in [1.82, 2.24) is 30.2 Å². The van der Waals surface area contributed by atoms with E-state index in [1.807, 2.05) is 14.0 Å². The van der Waals surface area contributed by atoms with Crippen LogP contribution in [0.4, 0.5) is 0 Å². The molecule has 2 N–H and O–H groups in total. The molecule has 0 spiro atoms. The molecule has 0 saturated carbocycles. The van der Waals surface area contributed by atoms with Gasteiger partial charge in [0.2, 0.25) is 0 Å². The molecule has 4 rings (SSSR count). The Morgan fingerprint density at radius 2 is 2.04 bits per heavy atom. The molecule has 1 atom stereocenters. The Kier molecular flexibility index (Phi) is 5.73. The molecule has 0 amide bonds. The molecule has 7 nitrogen and oxygen atoms in total. The minimum atomic E-state index is 0.612. The van der Waals surface area contributed by atoms with E-state index in [9.17, 15) is 0 Å². The van der Waals surface area contributed by atoms with Crippen molar-refractivity contribution in [3.05, 3.63) is 17.5 Å². The maximum absolute atomic E-state index is 4.50. The number of piperazine rings is 3. The third-order valence-electron chi connectivity index (χ3n) is 5.06. The van der Waals surface area contributed by atoms with Gasteiger partial charge in [-0.3, -0.25) is 19.5 Å². The first kappa shape index (κ1) is 17.2. The van der Waals surface area contributed by atoms with Crippen LogP contribution in [0.25, 0.3) is 0 Å². The van der Waals surface area contributed by atoms with Gasteiger partial charge < -0.3 is 10.6 Å². The number of nitrogens with one attached hydrogen (secondary N) is 2. The summed E-state index contributed by atoms with van der Waals surface area (Å²) in [5.41, 5.74) is 2.32. The van der Waals surface area contributed by atoms with Crippen molar-refractivity contribution in [3.8, 4) is 0 Å². The van der Waals surface area contributed by atoms with E-state index in [1.54, 1.807) is 0 Å². The van der Waals surface area contributed by atoms with Gasteiger partial charge in [0.15, 0.2) is 5.96 Å². The molecule has 3 aliphatic rings. The molecule has 7 heteroatoms. The van der Waals surface area contributed by atoms with Gasteiger partial charge in [-0.1, -0.05) is 0 Å². The van der Waals surface area contributed by atoms with Gasteiger partial charge in [0.25, 0.3) is 0 Å². The fourth-order valence-corrected chi connectivity index (χ4v) is 3.69. The lowest BCUT2D eigenvalue weighted by Crippen LogP contribution is -2.63. The molecule has 1 unspecified atom stereocenters. The summed E-state index contributed by atoms with van der Waals surface area (Å²) in [6, 6.07) is 2.73. The maximum Gasteiger partial charge on any atom is 0.191 e. The van der Waals surface area contributed by atoms with Crippen molar-refractivity contribution < 1.29 is 0 Å². The summed E-state index contributed by atoms with van der Waals surface area (Å²) in [6.45, 7) is 13.0. The Balaban J connectivity index is 1.35. The number of aliphatic imine (C=N–C) groups is 1. The van der Waals surface area contributed by atoms with E-state index >= 15 is 0 Å². The number of hydrogen-bond donors (Lipinski definition) is 2. The van der Waals surface area contributed by atoms with Gasteiger partial charge in [0.05, 0.1) is 5.69 Å². The van der Waals surface area contributed by atoms with Crippen molar-refractivity contribution in [2.24, 2.45) is 4.99 Å². The minimum absolute atomic E-state index is 0.612. The van der Waals surface area contributed by atoms with E-state index in [0.717, 1.165) is 37.7 Å². The highest BCUT2D eigenvalue weighted by Crippen LogP contribution is 2.14. The zero-order valence-corrected chi connectivity index (χ0v) is 15.3. The Hall–Kier alpha value is -1.60. The highest BCUT2D eigenvalue weighted by molar-refractivity contribution is 5.79. The average molecular weight is 333 g/mol. The van der Waals surface area contributed by atoms with E-state index in [-0.39, 0.29) is 0 Å². The molecular formula is C17H31N7.